The number of pyridine rings is 1. The first kappa shape index (κ1) is 18.3. The molecular weight excluding hydrogens is 364 g/mol. The molecule has 0 bridgehead atoms. The molecule has 2 saturated heterocycles. The summed E-state index contributed by atoms with van der Waals surface area (Å²) < 4.78 is 5.97. The molecule has 2 aromatic heterocycles. The highest BCUT2D eigenvalue weighted by molar-refractivity contribution is 5.84. The van der Waals surface area contributed by atoms with Crippen LogP contribution in [0.5, 0.6) is 0 Å². The zero-order chi connectivity index (χ0) is 19.6. The molecule has 6 heteroatoms. The molecule has 0 unspecified atom stereocenters. The maximum absolute atomic E-state index is 12.8. The van der Waals surface area contributed by atoms with Crippen LogP contribution < -0.4 is 0 Å². The van der Waals surface area contributed by atoms with Crippen molar-refractivity contribution in [1.29, 1.82) is 0 Å². The van der Waals surface area contributed by atoms with Gasteiger partial charge in [-0.25, -0.2) is 0 Å². The summed E-state index contributed by atoms with van der Waals surface area (Å²) in [6, 6.07) is 12.5. The van der Waals surface area contributed by atoms with Gasteiger partial charge in [-0.3, -0.25) is 14.7 Å². The Hall–Kier alpha value is -2.70. The average Bonchev–Trinajstić information content (AvgIpc) is 3.05. The summed E-state index contributed by atoms with van der Waals surface area (Å²) in [7, 11) is 0. The van der Waals surface area contributed by atoms with E-state index in [1.807, 2.05) is 30.7 Å². The maximum atomic E-state index is 12.8. The number of carbonyl (C=O) groups excluding carboxylic acids is 1. The highest BCUT2D eigenvalue weighted by atomic mass is 16.5. The zero-order valence-electron chi connectivity index (χ0n) is 16.5. The van der Waals surface area contributed by atoms with Crippen molar-refractivity contribution >= 4 is 16.8 Å². The van der Waals surface area contributed by atoms with E-state index in [1.54, 1.807) is 0 Å². The number of aromatic nitrogens is 2. The Balaban J connectivity index is 1.33. The Morgan fingerprint density at radius 1 is 1.07 bits per heavy atom. The number of ether oxygens (including phenoxy) is 1. The van der Waals surface area contributed by atoms with Gasteiger partial charge in [-0.2, -0.15) is 0 Å². The molecule has 1 amide bonds. The molecule has 4 heterocycles. The minimum absolute atomic E-state index is 0.0964. The molecule has 0 spiro atoms. The van der Waals surface area contributed by atoms with Crippen molar-refractivity contribution in [1.82, 2.24) is 19.8 Å². The summed E-state index contributed by atoms with van der Waals surface area (Å²) >= 11 is 0. The third-order valence-electron chi connectivity index (χ3n) is 6.21. The lowest BCUT2D eigenvalue weighted by molar-refractivity contribution is -0.158. The van der Waals surface area contributed by atoms with E-state index in [1.165, 1.54) is 16.5 Å². The number of carbonyl (C=O) groups is 1. The topological polar surface area (TPSA) is 61.5 Å². The lowest BCUT2D eigenvalue weighted by atomic mass is 10.0. The molecule has 1 aromatic carbocycles. The van der Waals surface area contributed by atoms with Gasteiger partial charge in [-0.15, -0.1) is 0 Å². The molecule has 0 radical (unpaired) electrons. The van der Waals surface area contributed by atoms with E-state index in [4.69, 9.17) is 4.74 Å². The van der Waals surface area contributed by atoms with E-state index in [0.717, 1.165) is 38.0 Å². The number of hydrogen-bond donors (Lipinski definition) is 1. The second kappa shape index (κ2) is 7.97. The Morgan fingerprint density at radius 3 is 2.79 bits per heavy atom. The number of para-hydroxylation sites is 1. The number of benzene rings is 1. The first-order valence-corrected chi connectivity index (χ1v) is 10.4. The fourth-order valence-corrected chi connectivity index (χ4v) is 4.67. The second-order valence-corrected chi connectivity index (χ2v) is 8.01. The smallest absolute Gasteiger partial charge is 0.249 e. The Bertz CT molecular complexity index is 987. The van der Waals surface area contributed by atoms with Crippen molar-refractivity contribution in [2.75, 3.05) is 19.7 Å². The van der Waals surface area contributed by atoms with Crippen LogP contribution in [-0.4, -0.2) is 57.5 Å². The van der Waals surface area contributed by atoms with Gasteiger partial charge >= 0.3 is 0 Å². The van der Waals surface area contributed by atoms with E-state index in [2.05, 4.69) is 44.0 Å². The Kier molecular flexibility index (Phi) is 5.04. The second-order valence-electron chi connectivity index (χ2n) is 8.01. The molecule has 1 N–H and O–H groups in total. The van der Waals surface area contributed by atoms with Crippen LogP contribution in [0, 0.1) is 0 Å². The fraction of sp³-hybridized carbons (Fsp3) is 0.391. The van der Waals surface area contributed by atoms with Crippen LogP contribution in [0.3, 0.4) is 0 Å². The van der Waals surface area contributed by atoms with Crippen LogP contribution in [0.4, 0.5) is 0 Å². The standard InChI is InChI=1S/C23H26N4O2/c28-23-16-29-22-8-12-26(14-17-5-9-24-10-6-17)11-7-21(22)27(23)15-18-13-25-20-4-2-1-3-19(18)20/h1-6,9-10,13,21-22,25H,7-8,11-12,14-16H2/t21-,22-/m0/s1. The van der Waals surface area contributed by atoms with Gasteiger partial charge in [0.2, 0.25) is 5.91 Å². The van der Waals surface area contributed by atoms with Crippen molar-refractivity contribution in [3.05, 3.63) is 66.1 Å². The van der Waals surface area contributed by atoms with Crippen LogP contribution in [0.2, 0.25) is 0 Å². The van der Waals surface area contributed by atoms with Crippen molar-refractivity contribution in [3.8, 4) is 0 Å². The molecule has 150 valence electrons. The molecule has 2 fully saturated rings. The van der Waals surface area contributed by atoms with Crippen LogP contribution in [-0.2, 0) is 22.6 Å². The molecule has 6 nitrogen and oxygen atoms in total. The number of fused-ring (bicyclic) bond motifs is 2. The van der Waals surface area contributed by atoms with Gasteiger partial charge in [0.1, 0.15) is 6.61 Å². The summed E-state index contributed by atoms with van der Waals surface area (Å²) in [6.45, 7) is 3.69. The molecule has 3 aromatic rings. The number of nitrogens with zero attached hydrogens (tertiary/aromatic N) is 3. The summed E-state index contributed by atoms with van der Waals surface area (Å²) in [4.78, 5) is 24.7. The van der Waals surface area contributed by atoms with Crippen molar-refractivity contribution < 1.29 is 9.53 Å². The Labute approximate surface area is 170 Å². The molecule has 0 aliphatic carbocycles. The monoisotopic (exact) mass is 390 g/mol. The molecular formula is C23H26N4O2. The normalized spacial score (nSPS) is 23.2. The number of H-pyrrole nitrogens is 1. The SMILES string of the molecule is O=C1CO[C@H]2CCN(Cc3ccncc3)CC[C@@H]2N1Cc1c[nH]c2ccccc12. The number of hydrogen-bond acceptors (Lipinski definition) is 4. The lowest BCUT2D eigenvalue weighted by Gasteiger charge is -2.40. The predicted molar refractivity (Wildman–Crippen MR) is 111 cm³/mol. The summed E-state index contributed by atoms with van der Waals surface area (Å²) in [6.07, 6.45) is 7.72. The zero-order valence-corrected chi connectivity index (χ0v) is 16.5. The summed E-state index contributed by atoms with van der Waals surface area (Å²) in [5, 5.41) is 1.19. The highest BCUT2D eigenvalue weighted by Crippen LogP contribution is 2.28. The molecule has 2 aliphatic rings. The van der Waals surface area contributed by atoms with Crippen LogP contribution in [0.1, 0.15) is 24.0 Å². The Morgan fingerprint density at radius 2 is 1.90 bits per heavy atom. The van der Waals surface area contributed by atoms with Gasteiger partial charge in [0.15, 0.2) is 0 Å². The van der Waals surface area contributed by atoms with Crippen molar-refractivity contribution in [2.24, 2.45) is 0 Å². The number of amides is 1. The van der Waals surface area contributed by atoms with Crippen LogP contribution in [0.25, 0.3) is 10.9 Å². The lowest BCUT2D eigenvalue weighted by Crippen LogP contribution is -2.53. The molecule has 29 heavy (non-hydrogen) atoms. The van der Waals surface area contributed by atoms with E-state index in [-0.39, 0.29) is 24.7 Å². The van der Waals surface area contributed by atoms with E-state index < -0.39 is 0 Å². The van der Waals surface area contributed by atoms with Gasteiger partial charge in [0, 0.05) is 55.7 Å². The summed E-state index contributed by atoms with van der Waals surface area (Å²) in [5.41, 5.74) is 3.56. The quantitative estimate of drug-likeness (QED) is 0.744. The molecule has 0 saturated carbocycles. The van der Waals surface area contributed by atoms with Gasteiger partial charge in [0.05, 0.1) is 12.1 Å². The van der Waals surface area contributed by atoms with Crippen molar-refractivity contribution in [3.63, 3.8) is 0 Å². The molecule has 2 aliphatic heterocycles. The number of nitrogens with one attached hydrogen (secondary N) is 1. The largest absolute Gasteiger partial charge is 0.366 e. The third-order valence-corrected chi connectivity index (χ3v) is 6.21. The van der Waals surface area contributed by atoms with Gasteiger partial charge in [0.25, 0.3) is 0 Å². The van der Waals surface area contributed by atoms with Gasteiger partial charge in [-0.05, 0) is 42.2 Å². The first-order valence-electron chi connectivity index (χ1n) is 10.4. The number of rotatable bonds is 4. The van der Waals surface area contributed by atoms with Crippen LogP contribution in [0.15, 0.2) is 55.0 Å². The fourth-order valence-electron chi connectivity index (χ4n) is 4.67. The minimum Gasteiger partial charge on any atom is -0.366 e. The highest BCUT2D eigenvalue weighted by Gasteiger charge is 2.38. The van der Waals surface area contributed by atoms with E-state index >= 15 is 0 Å². The maximum Gasteiger partial charge on any atom is 0.249 e. The minimum atomic E-state index is 0.0964. The first-order chi connectivity index (χ1) is 14.3. The van der Waals surface area contributed by atoms with Gasteiger partial charge < -0.3 is 14.6 Å². The summed E-state index contributed by atoms with van der Waals surface area (Å²) in [5.74, 6) is 0.0964. The third kappa shape index (κ3) is 3.78. The molecule has 5 rings (SSSR count). The van der Waals surface area contributed by atoms with E-state index in [0.29, 0.717) is 6.54 Å². The number of likely N-dealkylation sites (tertiary alicyclic amines) is 1. The predicted octanol–water partition coefficient (Wildman–Crippen LogP) is 2.95. The number of aromatic amines is 1. The average molecular weight is 390 g/mol. The van der Waals surface area contributed by atoms with E-state index in [9.17, 15) is 4.79 Å². The van der Waals surface area contributed by atoms with Crippen molar-refractivity contribution in [2.45, 2.75) is 38.1 Å². The van der Waals surface area contributed by atoms with Crippen LogP contribution >= 0.6 is 0 Å². The molecule has 2 atom stereocenters. The number of morpholine rings is 1. The van der Waals surface area contributed by atoms with Gasteiger partial charge in [-0.1, -0.05) is 18.2 Å².